The number of halogens is 1. The van der Waals surface area contributed by atoms with Gasteiger partial charge in [0.1, 0.15) is 6.61 Å². The Balaban J connectivity index is 1.52. The van der Waals surface area contributed by atoms with E-state index in [0.717, 1.165) is 13.1 Å². The van der Waals surface area contributed by atoms with Crippen LogP contribution in [0.5, 0.6) is 5.75 Å². The Kier molecular flexibility index (Phi) is 3.61. The summed E-state index contributed by atoms with van der Waals surface area (Å²) in [5.41, 5.74) is -0.524. The molecule has 21 heavy (non-hydrogen) atoms. The van der Waals surface area contributed by atoms with Gasteiger partial charge in [-0.15, -0.1) is 0 Å². The standard InChI is InChI=1S/C16H21FN2O2/c1-16(2,9-21-13-6-4-3-5-12(13)17)19-15(20)14-10-7-18-8-11(10)14/h3-6,10-11,14,18H,7-9H2,1-2H3,(H,19,20)/t10-,11+,14?. The molecule has 0 radical (unpaired) electrons. The van der Waals surface area contributed by atoms with Crippen LogP contribution >= 0.6 is 0 Å². The Morgan fingerprint density at radius 3 is 2.71 bits per heavy atom. The van der Waals surface area contributed by atoms with Crippen LogP contribution in [-0.2, 0) is 4.79 Å². The van der Waals surface area contributed by atoms with Gasteiger partial charge in [0, 0.05) is 5.92 Å². The number of carbonyl (C=O) groups is 1. The molecular weight excluding hydrogens is 271 g/mol. The topological polar surface area (TPSA) is 50.4 Å². The third kappa shape index (κ3) is 3.02. The number of hydrogen-bond donors (Lipinski definition) is 2. The van der Waals surface area contributed by atoms with Gasteiger partial charge in [-0.25, -0.2) is 4.39 Å². The molecule has 2 N–H and O–H groups in total. The third-order valence-corrected chi connectivity index (χ3v) is 4.28. The van der Waals surface area contributed by atoms with E-state index in [1.165, 1.54) is 6.07 Å². The van der Waals surface area contributed by atoms with Crippen LogP contribution in [0, 0.1) is 23.6 Å². The van der Waals surface area contributed by atoms with Crippen molar-refractivity contribution in [3.05, 3.63) is 30.1 Å². The maximum Gasteiger partial charge on any atom is 0.224 e. The Morgan fingerprint density at radius 1 is 1.38 bits per heavy atom. The highest BCUT2D eigenvalue weighted by Gasteiger charge is 2.57. The summed E-state index contributed by atoms with van der Waals surface area (Å²) in [6.45, 7) is 5.90. The van der Waals surface area contributed by atoms with E-state index in [1.54, 1.807) is 18.2 Å². The Labute approximate surface area is 124 Å². The first-order valence-electron chi connectivity index (χ1n) is 7.38. The van der Waals surface area contributed by atoms with E-state index in [1.807, 2.05) is 13.8 Å². The lowest BCUT2D eigenvalue weighted by molar-refractivity contribution is -0.125. The fourth-order valence-electron chi connectivity index (χ4n) is 3.08. The minimum atomic E-state index is -0.524. The highest BCUT2D eigenvalue weighted by atomic mass is 19.1. The monoisotopic (exact) mass is 292 g/mol. The van der Waals surface area contributed by atoms with Crippen molar-refractivity contribution in [3.8, 4) is 5.75 Å². The van der Waals surface area contributed by atoms with Crippen LogP contribution in [0.3, 0.4) is 0 Å². The first kappa shape index (κ1) is 14.3. The van der Waals surface area contributed by atoms with Crippen molar-refractivity contribution in [2.45, 2.75) is 19.4 Å². The number of benzene rings is 1. The molecule has 2 aliphatic rings. The highest BCUT2D eigenvalue weighted by molar-refractivity contribution is 5.83. The summed E-state index contributed by atoms with van der Waals surface area (Å²) in [5, 5.41) is 6.30. The molecule has 3 atom stereocenters. The van der Waals surface area contributed by atoms with E-state index in [-0.39, 0.29) is 30.0 Å². The lowest BCUT2D eigenvalue weighted by Crippen LogP contribution is -2.49. The largest absolute Gasteiger partial charge is 0.488 e. The van der Waals surface area contributed by atoms with Gasteiger partial charge in [-0.1, -0.05) is 12.1 Å². The SMILES string of the molecule is CC(C)(COc1ccccc1F)NC(=O)C1[C@H]2CNC[C@@H]12. The molecule has 1 saturated heterocycles. The molecule has 3 rings (SSSR count). The van der Waals surface area contributed by atoms with Crippen molar-refractivity contribution >= 4 is 5.91 Å². The lowest BCUT2D eigenvalue weighted by atomic mass is 10.1. The van der Waals surface area contributed by atoms with Crippen LogP contribution in [0.15, 0.2) is 24.3 Å². The van der Waals surface area contributed by atoms with Crippen LogP contribution in [0.4, 0.5) is 4.39 Å². The van der Waals surface area contributed by atoms with Gasteiger partial charge in [0.25, 0.3) is 0 Å². The molecule has 1 amide bonds. The molecule has 1 aliphatic heterocycles. The van der Waals surface area contributed by atoms with E-state index in [0.29, 0.717) is 11.8 Å². The quantitative estimate of drug-likeness (QED) is 0.866. The van der Waals surface area contributed by atoms with Crippen molar-refractivity contribution in [1.29, 1.82) is 0 Å². The zero-order chi connectivity index (χ0) is 15.0. The molecular formula is C16H21FN2O2. The molecule has 1 saturated carbocycles. The number of carbonyl (C=O) groups excluding carboxylic acids is 1. The fraction of sp³-hybridized carbons (Fsp3) is 0.562. The molecule has 5 heteroatoms. The third-order valence-electron chi connectivity index (χ3n) is 4.28. The molecule has 4 nitrogen and oxygen atoms in total. The minimum Gasteiger partial charge on any atom is -0.488 e. The summed E-state index contributed by atoms with van der Waals surface area (Å²) in [4.78, 5) is 12.2. The van der Waals surface area contributed by atoms with E-state index in [9.17, 15) is 9.18 Å². The maximum absolute atomic E-state index is 13.5. The number of piperidine rings is 1. The molecule has 2 fully saturated rings. The summed E-state index contributed by atoms with van der Waals surface area (Å²) in [5.74, 6) is 1.05. The molecule has 1 aliphatic carbocycles. The predicted octanol–water partition coefficient (Wildman–Crippen LogP) is 1.56. The fourth-order valence-corrected chi connectivity index (χ4v) is 3.08. The van der Waals surface area contributed by atoms with E-state index in [4.69, 9.17) is 4.74 Å². The minimum absolute atomic E-state index is 0.0913. The van der Waals surface area contributed by atoms with Crippen molar-refractivity contribution in [1.82, 2.24) is 10.6 Å². The van der Waals surface area contributed by atoms with Crippen LogP contribution in [0.2, 0.25) is 0 Å². The predicted molar refractivity (Wildman–Crippen MR) is 77.5 cm³/mol. The van der Waals surface area contributed by atoms with Gasteiger partial charge in [0.2, 0.25) is 5.91 Å². The first-order chi connectivity index (χ1) is 9.98. The number of fused-ring (bicyclic) bond motifs is 1. The van der Waals surface area contributed by atoms with E-state index in [2.05, 4.69) is 10.6 Å². The zero-order valence-corrected chi connectivity index (χ0v) is 12.4. The van der Waals surface area contributed by atoms with Gasteiger partial charge in [0.05, 0.1) is 5.54 Å². The molecule has 114 valence electrons. The number of hydrogen-bond acceptors (Lipinski definition) is 3. The van der Waals surface area contributed by atoms with Crippen LogP contribution < -0.4 is 15.4 Å². The number of nitrogens with one attached hydrogen (secondary N) is 2. The molecule has 1 aromatic rings. The van der Waals surface area contributed by atoms with Gasteiger partial charge >= 0.3 is 0 Å². The average Bonchev–Trinajstić information content (AvgIpc) is 2.92. The van der Waals surface area contributed by atoms with E-state index < -0.39 is 5.54 Å². The molecule has 1 unspecified atom stereocenters. The van der Waals surface area contributed by atoms with Crippen molar-refractivity contribution in [2.24, 2.45) is 17.8 Å². The Hall–Kier alpha value is -1.62. The van der Waals surface area contributed by atoms with Gasteiger partial charge in [-0.3, -0.25) is 4.79 Å². The summed E-state index contributed by atoms with van der Waals surface area (Å²) >= 11 is 0. The summed E-state index contributed by atoms with van der Waals surface area (Å²) in [6.07, 6.45) is 0. The Bertz CT molecular complexity index is 537. The summed E-state index contributed by atoms with van der Waals surface area (Å²) < 4.78 is 19.0. The van der Waals surface area contributed by atoms with Gasteiger partial charge in [0.15, 0.2) is 11.6 Å². The van der Waals surface area contributed by atoms with Gasteiger partial charge < -0.3 is 15.4 Å². The second-order valence-electron chi connectivity index (χ2n) is 6.60. The second-order valence-corrected chi connectivity index (χ2v) is 6.60. The molecule has 1 aromatic carbocycles. The first-order valence-corrected chi connectivity index (χ1v) is 7.38. The van der Waals surface area contributed by atoms with Gasteiger partial charge in [-0.2, -0.15) is 0 Å². The molecule has 0 spiro atoms. The van der Waals surface area contributed by atoms with Crippen molar-refractivity contribution in [3.63, 3.8) is 0 Å². The Morgan fingerprint density at radius 2 is 2.05 bits per heavy atom. The van der Waals surface area contributed by atoms with Gasteiger partial charge in [-0.05, 0) is 50.9 Å². The van der Waals surface area contributed by atoms with Crippen LogP contribution in [0.25, 0.3) is 0 Å². The molecule has 0 aromatic heterocycles. The number of rotatable bonds is 5. The molecule has 0 bridgehead atoms. The number of amides is 1. The van der Waals surface area contributed by atoms with Crippen molar-refractivity contribution < 1.29 is 13.9 Å². The second kappa shape index (κ2) is 5.30. The van der Waals surface area contributed by atoms with Crippen molar-refractivity contribution in [2.75, 3.05) is 19.7 Å². The number of para-hydroxylation sites is 1. The van der Waals surface area contributed by atoms with Crippen LogP contribution in [0.1, 0.15) is 13.8 Å². The number of ether oxygens (including phenoxy) is 1. The molecule has 1 heterocycles. The highest BCUT2D eigenvalue weighted by Crippen LogP contribution is 2.48. The average molecular weight is 292 g/mol. The summed E-state index contributed by atoms with van der Waals surface area (Å²) in [6, 6.07) is 6.29. The lowest BCUT2D eigenvalue weighted by Gasteiger charge is -2.27. The summed E-state index contributed by atoms with van der Waals surface area (Å²) in [7, 11) is 0. The zero-order valence-electron chi connectivity index (χ0n) is 12.4. The smallest absolute Gasteiger partial charge is 0.224 e. The normalized spacial score (nSPS) is 27.1. The maximum atomic E-state index is 13.5. The van der Waals surface area contributed by atoms with E-state index >= 15 is 0 Å². The van der Waals surface area contributed by atoms with Crippen LogP contribution in [-0.4, -0.2) is 31.1 Å².